The maximum atomic E-state index is 12.5. The molecule has 102 valence electrons. The number of hydrogen-bond donors (Lipinski definition) is 1. The Bertz CT molecular complexity index is 255. The monoisotopic (exact) mass is 264 g/mol. The van der Waals surface area contributed by atoms with Crippen molar-refractivity contribution in [2.24, 2.45) is 11.8 Å². The third-order valence-electron chi connectivity index (χ3n) is 3.39. The lowest BCUT2D eigenvalue weighted by Crippen LogP contribution is -2.62. The largest absolute Gasteiger partial charge is 0.426 e. The van der Waals surface area contributed by atoms with Gasteiger partial charge in [0.25, 0.3) is 5.60 Å². The average Bonchev–Trinajstić information content (AvgIpc) is 2.12. The summed E-state index contributed by atoms with van der Waals surface area (Å²) in [6.45, 7) is 1.60. The number of halogens is 6. The van der Waals surface area contributed by atoms with Crippen LogP contribution in [0.1, 0.15) is 32.6 Å². The molecule has 0 aromatic heterocycles. The summed E-state index contributed by atoms with van der Waals surface area (Å²) in [6, 6.07) is 0. The predicted molar refractivity (Wildman–Crippen MR) is 48.2 cm³/mol. The number of hydrogen-bond acceptors (Lipinski definition) is 1. The van der Waals surface area contributed by atoms with Crippen LogP contribution in [0.5, 0.6) is 0 Å². The molecule has 0 amide bonds. The molecule has 2 unspecified atom stereocenters. The first kappa shape index (κ1) is 14.6. The molecule has 0 aromatic rings. The van der Waals surface area contributed by atoms with E-state index in [1.165, 1.54) is 0 Å². The van der Waals surface area contributed by atoms with Crippen molar-refractivity contribution in [1.29, 1.82) is 0 Å². The van der Waals surface area contributed by atoms with E-state index in [1.54, 1.807) is 6.92 Å². The van der Waals surface area contributed by atoms with Crippen LogP contribution in [0.25, 0.3) is 0 Å². The molecule has 1 aliphatic rings. The Balaban J connectivity index is 3.07. The van der Waals surface area contributed by atoms with Crippen LogP contribution in [0.15, 0.2) is 0 Å². The van der Waals surface area contributed by atoms with Gasteiger partial charge in [-0.1, -0.05) is 19.8 Å². The Kier molecular flexibility index (Phi) is 3.72. The lowest BCUT2D eigenvalue weighted by atomic mass is 9.72. The summed E-state index contributed by atoms with van der Waals surface area (Å²) >= 11 is 0. The van der Waals surface area contributed by atoms with Crippen molar-refractivity contribution in [1.82, 2.24) is 0 Å². The molecule has 0 spiro atoms. The highest BCUT2D eigenvalue weighted by atomic mass is 19.4. The van der Waals surface area contributed by atoms with E-state index in [0.717, 1.165) is 0 Å². The average molecular weight is 264 g/mol. The molecule has 0 saturated heterocycles. The van der Waals surface area contributed by atoms with E-state index < -0.39 is 23.9 Å². The second-order valence-electron chi connectivity index (χ2n) is 4.73. The zero-order valence-corrected chi connectivity index (χ0v) is 9.20. The molecule has 0 bridgehead atoms. The van der Waals surface area contributed by atoms with Gasteiger partial charge in [0, 0.05) is 5.92 Å². The van der Waals surface area contributed by atoms with E-state index in [0.29, 0.717) is 6.42 Å². The first-order chi connectivity index (χ1) is 7.50. The molecular formula is C10H14F6O. The van der Waals surface area contributed by atoms with Gasteiger partial charge in [0.1, 0.15) is 0 Å². The maximum absolute atomic E-state index is 12.5. The summed E-state index contributed by atoms with van der Waals surface area (Å²) in [6.07, 6.45) is -11.0. The summed E-state index contributed by atoms with van der Waals surface area (Å²) < 4.78 is 75.3. The van der Waals surface area contributed by atoms with Crippen molar-refractivity contribution in [3.05, 3.63) is 0 Å². The van der Waals surface area contributed by atoms with Crippen molar-refractivity contribution in [2.45, 2.75) is 50.6 Å². The normalized spacial score (nSPS) is 28.2. The third kappa shape index (κ3) is 2.53. The first-order valence-electron chi connectivity index (χ1n) is 5.36. The Morgan fingerprint density at radius 3 is 1.76 bits per heavy atom. The van der Waals surface area contributed by atoms with Gasteiger partial charge in [0.2, 0.25) is 0 Å². The molecule has 1 saturated carbocycles. The summed E-state index contributed by atoms with van der Waals surface area (Å²) in [5.74, 6) is -2.03. The summed E-state index contributed by atoms with van der Waals surface area (Å²) in [4.78, 5) is 0. The van der Waals surface area contributed by atoms with Crippen LogP contribution in [-0.2, 0) is 0 Å². The van der Waals surface area contributed by atoms with Crippen molar-refractivity contribution in [2.75, 3.05) is 0 Å². The van der Waals surface area contributed by atoms with Gasteiger partial charge in [-0.15, -0.1) is 0 Å². The standard InChI is InChI=1S/C10H14F6O/c1-6-3-2-4-7(5-6)8(17,9(11,12)13)10(14,15)16/h6-7,17H,2-5H2,1H3. The second-order valence-corrected chi connectivity index (χ2v) is 4.73. The highest BCUT2D eigenvalue weighted by Crippen LogP contribution is 2.52. The van der Waals surface area contributed by atoms with Crippen LogP contribution in [0.2, 0.25) is 0 Å². The zero-order valence-electron chi connectivity index (χ0n) is 9.20. The van der Waals surface area contributed by atoms with Crippen molar-refractivity contribution in [3.63, 3.8) is 0 Å². The highest BCUT2D eigenvalue weighted by Gasteiger charge is 2.73. The summed E-state index contributed by atoms with van der Waals surface area (Å²) in [5, 5.41) is 9.18. The van der Waals surface area contributed by atoms with Gasteiger partial charge in [0.15, 0.2) is 0 Å². The fraction of sp³-hybridized carbons (Fsp3) is 1.00. The fourth-order valence-corrected chi connectivity index (χ4v) is 2.44. The lowest BCUT2D eigenvalue weighted by Gasteiger charge is -2.41. The molecule has 0 heterocycles. The molecule has 1 fully saturated rings. The predicted octanol–water partition coefficient (Wildman–Crippen LogP) is 3.67. The highest BCUT2D eigenvalue weighted by molar-refractivity contribution is 5.00. The minimum atomic E-state index is -5.69. The summed E-state index contributed by atoms with van der Waals surface area (Å²) in [7, 11) is 0. The molecular weight excluding hydrogens is 250 g/mol. The Morgan fingerprint density at radius 2 is 1.41 bits per heavy atom. The molecule has 2 atom stereocenters. The smallest absolute Gasteiger partial charge is 0.373 e. The van der Waals surface area contributed by atoms with Crippen LogP contribution in [0.3, 0.4) is 0 Å². The maximum Gasteiger partial charge on any atom is 0.426 e. The molecule has 7 heteroatoms. The van der Waals surface area contributed by atoms with E-state index in [4.69, 9.17) is 0 Å². The van der Waals surface area contributed by atoms with Crippen molar-refractivity contribution in [3.8, 4) is 0 Å². The zero-order chi connectivity index (χ0) is 13.5. The van der Waals surface area contributed by atoms with E-state index in [9.17, 15) is 31.4 Å². The van der Waals surface area contributed by atoms with E-state index >= 15 is 0 Å². The van der Waals surface area contributed by atoms with E-state index in [1.807, 2.05) is 0 Å². The topological polar surface area (TPSA) is 20.2 Å². The number of rotatable bonds is 1. The third-order valence-corrected chi connectivity index (χ3v) is 3.39. The van der Waals surface area contributed by atoms with Gasteiger partial charge in [0.05, 0.1) is 0 Å². The molecule has 1 nitrogen and oxygen atoms in total. The van der Waals surface area contributed by atoms with Gasteiger partial charge in [-0.2, -0.15) is 26.3 Å². The molecule has 1 aliphatic carbocycles. The molecule has 0 radical (unpaired) electrons. The van der Waals surface area contributed by atoms with Gasteiger partial charge >= 0.3 is 12.4 Å². The van der Waals surface area contributed by atoms with E-state index in [2.05, 4.69) is 0 Å². The van der Waals surface area contributed by atoms with E-state index in [-0.39, 0.29) is 25.2 Å². The Hall–Kier alpha value is -0.460. The minimum Gasteiger partial charge on any atom is -0.373 e. The van der Waals surface area contributed by atoms with Crippen LogP contribution in [-0.4, -0.2) is 23.1 Å². The molecule has 1 rings (SSSR count). The van der Waals surface area contributed by atoms with Gasteiger partial charge in [-0.25, -0.2) is 0 Å². The Morgan fingerprint density at radius 1 is 0.941 bits per heavy atom. The van der Waals surface area contributed by atoms with Crippen LogP contribution < -0.4 is 0 Å². The molecule has 17 heavy (non-hydrogen) atoms. The Labute approximate surface area is 94.8 Å². The van der Waals surface area contributed by atoms with Crippen molar-refractivity contribution >= 4 is 0 Å². The van der Waals surface area contributed by atoms with Crippen LogP contribution in [0.4, 0.5) is 26.3 Å². The molecule has 0 aromatic carbocycles. The van der Waals surface area contributed by atoms with Gasteiger partial charge in [-0.05, 0) is 18.8 Å². The minimum absolute atomic E-state index is 0.232. The quantitative estimate of drug-likeness (QED) is 0.716. The summed E-state index contributed by atoms with van der Waals surface area (Å²) in [5.41, 5.74) is -4.57. The fourth-order valence-electron chi connectivity index (χ4n) is 2.44. The first-order valence-corrected chi connectivity index (χ1v) is 5.36. The second kappa shape index (κ2) is 4.33. The van der Waals surface area contributed by atoms with Gasteiger partial charge < -0.3 is 5.11 Å². The number of alkyl halides is 6. The van der Waals surface area contributed by atoms with Crippen LogP contribution in [0, 0.1) is 11.8 Å². The molecule has 1 N–H and O–H groups in total. The SMILES string of the molecule is CC1CCCC(C(O)(C(F)(F)F)C(F)(F)F)C1. The van der Waals surface area contributed by atoms with Crippen molar-refractivity contribution < 1.29 is 31.4 Å². The van der Waals surface area contributed by atoms with Crippen LogP contribution >= 0.6 is 0 Å². The number of aliphatic hydroxyl groups is 1. The lowest BCUT2D eigenvalue weighted by molar-refractivity contribution is -0.387. The molecule has 0 aliphatic heterocycles. The van der Waals surface area contributed by atoms with Gasteiger partial charge in [-0.3, -0.25) is 0 Å².